The minimum atomic E-state index is -0.974. The third-order valence-corrected chi connectivity index (χ3v) is 3.08. The Morgan fingerprint density at radius 1 is 1.35 bits per heavy atom. The van der Waals surface area contributed by atoms with Crippen molar-refractivity contribution in [2.24, 2.45) is 0 Å². The fourth-order valence-electron chi connectivity index (χ4n) is 2.18. The highest BCUT2D eigenvalue weighted by molar-refractivity contribution is 5.98. The molecule has 1 aromatic rings. The Bertz CT molecular complexity index is 426. The van der Waals surface area contributed by atoms with Crippen LogP contribution in [0.2, 0.25) is 0 Å². The van der Waals surface area contributed by atoms with E-state index in [4.69, 9.17) is 10.8 Å². The molecule has 1 saturated heterocycles. The zero-order valence-electron chi connectivity index (χ0n) is 9.47. The maximum Gasteiger partial charge on any atom is 0.337 e. The molecule has 1 aromatic carbocycles. The number of aliphatic hydroxyl groups excluding tert-OH is 1. The molecule has 5 nitrogen and oxygen atoms in total. The van der Waals surface area contributed by atoms with Gasteiger partial charge in [0.05, 0.1) is 23.0 Å². The number of carboxylic acid groups (broad SMARTS) is 1. The Hall–Kier alpha value is -1.75. The summed E-state index contributed by atoms with van der Waals surface area (Å²) in [5.74, 6) is -0.974. The zero-order valence-corrected chi connectivity index (χ0v) is 9.47. The summed E-state index contributed by atoms with van der Waals surface area (Å²) in [4.78, 5) is 13.1. The standard InChI is InChI=1S/C12H16N2O3/c13-10-3-1-2-9(12(16)17)11(10)14-6-4-8(15)5-7-14/h1-3,8,15H,4-7,13H2,(H,16,17). The number of carboxylic acids is 1. The number of nitrogens with zero attached hydrogens (tertiary/aromatic N) is 1. The number of aliphatic hydroxyl groups is 1. The molecule has 0 radical (unpaired) electrons. The van der Waals surface area contributed by atoms with Crippen LogP contribution in [0.1, 0.15) is 23.2 Å². The second kappa shape index (κ2) is 4.63. The molecule has 0 saturated carbocycles. The fraction of sp³-hybridized carbons (Fsp3) is 0.417. The second-order valence-electron chi connectivity index (χ2n) is 4.27. The van der Waals surface area contributed by atoms with Gasteiger partial charge in [0.2, 0.25) is 0 Å². The van der Waals surface area contributed by atoms with Crippen molar-refractivity contribution in [1.29, 1.82) is 0 Å². The molecule has 0 spiro atoms. The first kappa shape index (κ1) is 11.7. The van der Waals surface area contributed by atoms with Crippen molar-refractivity contribution in [1.82, 2.24) is 0 Å². The summed E-state index contributed by atoms with van der Waals surface area (Å²) < 4.78 is 0. The SMILES string of the molecule is Nc1cccc(C(=O)O)c1N1CCC(O)CC1. The molecule has 0 amide bonds. The fourth-order valence-corrected chi connectivity index (χ4v) is 2.18. The number of piperidine rings is 1. The van der Waals surface area contributed by atoms with Crippen molar-refractivity contribution in [3.8, 4) is 0 Å². The lowest BCUT2D eigenvalue weighted by atomic mass is 10.0. The predicted molar refractivity (Wildman–Crippen MR) is 65.3 cm³/mol. The Labute approximate surface area is 99.5 Å². The van der Waals surface area contributed by atoms with Gasteiger partial charge in [-0.3, -0.25) is 0 Å². The topological polar surface area (TPSA) is 86.8 Å². The lowest BCUT2D eigenvalue weighted by molar-refractivity contribution is 0.0697. The normalized spacial score (nSPS) is 17.1. The number of carbonyl (C=O) groups is 1. The Balaban J connectivity index is 2.33. The monoisotopic (exact) mass is 236 g/mol. The van der Waals surface area contributed by atoms with Crippen LogP contribution in [-0.4, -0.2) is 35.4 Å². The molecular weight excluding hydrogens is 220 g/mol. The van der Waals surface area contributed by atoms with E-state index in [-0.39, 0.29) is 11.7 Å². The first-order valence-corrected chi connectivity index (χ1v) is 5.64. The molecule has 1 fully saturated rings. The van der Waals surface area contributed by atoms with Crippen LogP contribution in [0.25, 0.3) is 0 Å². The molecule has 1 aliphatic heterocycles. The number of hydrogen-bond donors (Lipinski definition) is 3. The van der Waals surface area contributed by atoms with E-state index in [0.717, 1.165) is 0 Å². The largest absolute Gasteiger partial charge is 0.478 e. The van der Waals surface area contributed by atoms with Gasteiger partial charge in [-0.2, -0.15) is 0 Å². The smallest absolute Gasteiger partial charge is 0.337 e. The molecule has 0 aliphatic carbocycles. The van der Waals surface area contributed by atoms with Gasteiger partial charge in [-0.25, -0.2) is 4.79 Å². The Morgan fingerprint density at radius 3 is 2.59 bits per heavy atom. The molecular formula is C12H16N2O3. The summed E-state index contributed by atoms with van der Waals surface area (Å²) in [6.07, 6.45) is 1.00. The van der Waals surface area contributed by atoms with Crippen LogP contribution in [-0.2, 0) is 0 Å². The molecule has 0 unspecified atom stereocenters. The van der Waals surface area contributed by atoms with Gasteiger partial charge in [0.15, 0.2) is 0 Å². The van der Waals surface area contributed by atoms with E-state index >= 15 is 0 Å². The van der Waals surface area contributed by atoms with Crippen molar-refractivity contribution in [3.63, 3.8) is 0 Å². The quantitative estimate of drug-likeness (QED) is 0.665. The molecule has 5 heteroatoms. The summed E-state index contributed by atoms with van der Waals surface area (Å²) >= 11 is 0. The Morgan fingerprint density at radius 2 is 2.00 bits per heavy atom. The molecule has 0 aromatic heterocycles. The van der Waals surface area contributed by atoms with Crippen LogP contribution in [0.3, 0.4) is 0 Å². The molecule has 0 bridgehead atoms. The molecule has 92 valence electrons. The highest BCUT2D eigenvalue weighted by Crippen LogP contribution is 2.30. The summed E-state index contributed by atoms with van der Waals surface area (Å²) in [7, 11) is 0. The number of anilines is 2. The molecule has 4 N–H and O–H groups in total. The number of para-hydroxylation sites is 1. The van der Waals surface area contributed by atoms with Crippen LogP contribution < -0.4 is 10.6 Å². The molecule has 2 rings (SSSR count). The summed E-state index contributed by atoms with van der Waals surface area (Å²) in [5, 5.41) is 18.6. The summed E-state index contributed by atoms with van der Waals surface area (Å²) in [5.41, 5.74) is 7.13. The van der Waals surface area contributed by atoms with Crippen molar-refractivity contribution in [2.75, 3.05) is 23.7 Å². The van der Waals surface area contributed by atoms with E-state index < -0.39 is 5.97 Å². The zero-order chi connectivity index (χ0) is 12.4. The first-order chi connectivity index (χ1) is 8.09. The number of aromatic carboxylic acids is 1. The average Bonchev–Trinajstić information content (AvgIpc) is 2.30. The minimum absolute atomic E-state index is 0.224. The third kappa shape index (κ3) is 2.34. The minimum Gasteiger partial charge on any atom is -0.478 e. The first-order valence-electron chi connectivity index (χ1n) is 5.64. The van der Waals surface area contributed by atoms with Crippen molar-refractivity contribution in [3.05, 3.63) is 23.8 Å². The van der Waals surface area contributed by atoms with Gasteiger partial charge in [-0.1, -0.05) is 6.07 Å². The maximum absolute atomic E-state index is 11.1. The highest BCUT2D eigenvalue weighted by atomic mass is 16.4. The number of nitrogens with two attached hydrogens (primary N) is 1. The van der Waals surface area contributed by atoms with Gasteiger partial charge >= 0.3 is 5.97 Å². The van der Waals surface area contributed by atoms with Crippen molar-refractivity contribution < 1.29 is 15.0 Å². The number of nitrogen functional groups attached to an aromatic ring is 1. The lowest BCUT2D eigenvalue weighted by Crippen LogP contribution is -2.37. The number of rotatable bonds is 2. The van der Waals surface area contributed by atoms with Gasteiger partial charge in [0.25, 0.3) is 0 Å². The number of hydrogen-bond acceptors (Lipinski definition) is 4. The molecule has 1 heterocycles. The summed E-state index contributed by atoms with van der Waals surface area (Å²) in [6.45, 7) is 1.27. The Kier molecular flexibility index (Phi) is 3.19. The van der Waals surface area contributed by atoms with E-state index in [1.54, 1.807) is 18.2 Å². The van der Waals surface area contributed by atoms with E-state index in [0.29, 0.717) is 37.3 Å². The third-order valence-electron chi connectivity index (χ3n) is 3.08. The molecule has 17 heavy (non-hydrogen) atoms. The lowest BCUT2D eigenvalue weighted by Gasteiger charge is -2.33. The molecule has 1 aliphatic rings. The van der Waals surface area contributed by atoms with E-state index in [1.807, 2.05) is 4.90 Å². The van der Waals surface area contributed by atoms with Gasteiger partial charge in [0, 0.05) is 13.1 Å². The van der Waals surface area contributed by atoms with Gasteiger partial charge in [-0.05, 0) is 25.0 Å². The van der Waals surface area contributed by atoms with E-state index in [9.17, 15) is 9.90 Å². The van der Waals surface area contributed by atoms with Gasteiger partial charge in [-0.15, -0.1) is 0 Å². The van der Waals surface area contributed by atoms with Gasteiger partial charge < -0.3 is 20.8 Å². The van der Waals surface area contributed by atoms with Crippen LogP contribution in [0.15, 0.2) is 18.2 Å². The van der Waals surface area contributed by atoms with E-state index in [1.165, 1.54) is 0 Å². The van der Waals surface area contributed by atoms with E-state index in [2.05, 4.69) is 0 Å². The van der Waals surface area contributed by atoms with Crippen LogP contribution >= 0.6 is 0 Å². The maximum atomic E-state index is 11.1. The number of benzene rings is 1. The van der Waals surface area contributed by atoms with Crippen LogP contribution in [0.5, 0.6) is 0 Å². The predicted octanol–water partition coefficient (Wildman–Crippen LogP) is 0.928. The second-order valence-corrected chi connectivity index (χ2v) is 4.27. The average molecular weight is 236 g/mol. The molecule has 0 atom stereocenters. The van der Waals surface area contributed by atoms with Crippen LogP contribution in [0, 0.1) is 0 Å². The van der Waals surface area contributed by atoms with Crippen molar-refractivity contribution >= 4 is 17.3 Å². The van der Waals surface area contributed by atoms with Gasteiger partial charge in [0.1, 0.15) is 0 Å². The van der Waals surface area contributed by atoms with Crippen LogP contribution in [0.4, 0.5) is 11.4 Å². The van der Waals surface area contributed by atoms with Crippen molar-refractivity contribution in [2.45, 2.75) is 18.9 Å². The summed E-state index contributed by atoms with van der Waals surface area (Å²) in [6, 6.07) is 4.90. The highest BCUT2D eigenvalue weighted by Gasteiger charge is 2.23.